The number of anilines is 1. The Morgan fingerprint density at radius 2 is 1.97 bits per heavy atom. The minimum absolute atomic E-state index is 0.158. The molecular weight excluding hydrogens is 372 g/mol. The van der Waals surface area contributed by atoms with Crippen LogP contribution < -0.4 is 5.73 Å². The molecule has 0 unspecified atom stereocenters. The highest BCUT2D eigenvalue weighted by Gasteiger charge is 2.48. The van der Waals surface area contributed by atoms with Crippen molar-refractivity contribution in [2.45, 2.75) is 12.0 Å². The quantitative estimate of drug-likeness (QED) is 0.545. The minimum atomic E-state index is -1.66. The van der Waals surface area contributed by atoms with Gasteiger partial charge in [0.05, 0.1) is 0 Å². The zero-order valence-electron chi connectivity index (χ0n) is 15.6. The van der Waals surface area contributed by atoms with Crippen LogP contribution >= 0.6 is 0 Å². The first kappa shape index (κ1) is 17.4. The van der Waals surface area contributed by atoms with E-state index in [2.05, 4.69) is 15.4 Å². The SMILES string of the molecule is CN1CC[C@@](O)(c2cc(-c3cccc(-c4ccc5nnc(N)n5c4)c3)no2)C1=O. The van der Waals surface area contributed by atoms with Crippen LogP contribution in [0.4, 0.5) is 5.95 Å². The van der Waals surface area contributed by atoms with Crippen molar-refractivity contribution in [2.75, 3.05) is 19.3 Å². The number of nitrogen functional groups attached to an aromatic ring is 1. The number of nitrogens with two attached hydrogens (primary N) is 1. The molecule has 4 heterocycles. The number of aromatic nitrogens is 4. The lowest BCUT2D eigenvalue weighted by molar-refractivity contribution is -0.144. The lowest BCUT2D eigenvalue weighted by Gasteiger charge is -2.16. The van der Waals surface area contributed by atoms with Gasteiger partial charge in [-0.25, -0.2) is 0 Å². The van der Waals surface area contributed by atoms with E-state index in [0.29, 0.717) is 23.8 Å². The Morgan fingerprint density at radius 3 is 2.76 bits per heavy atom. The fourth-order valence-corrected chi connectivity index (χ4v) is 3.63. The van der Waals surface area contributed by atoms with Gasteiger partial charge >= 0.3 is 0 Å². The normalized spacial score (nSPS) is 19.4. The highest BCUT2D eigenvalue weighted by atomic mass is 16.5. The van der Waals surface area contributed by atoms with E-state index in [4.69, 9.17) is 10.3 Å². The summed E-state index contributed by atoms with van der Waals surface area (Å²) < 4.78 is 7.06. The molecule has 1 atom stereocenters. The second-order valence-corrected chi connectivity index (χ2v) is 7.20. The van der Waals surface area contributed by atoms with Gasteiger partial charge in [0.25, 0.3) is 5.91 Å². The predicted octanol–water partition coefficient (Wildman–Crippen LogP) is 1.68. The number of carbonyl (C=O) groups is 1. The highest BCUT2D eigenvalue weighted by molar-refractivity contribution is 5.87. The van der Waals surface area contributed by atoms with Crippen molar-refractivity contribution in [3.63, 3.8) is 0 Å². The van der Waals surface area contributed by atoms with Crippen molar-refractivity contribution in [1.82, 2.24) is 24.7 Å². The molecule has 0 spiro atoms. The molecule has 1 amide bonds. The minimum Gasteiger partial charge on any atom is -0.373 e. The van der Waals surface area contributed by atoms with Crippen molar-refractivity contribution in [3.8, 4) is 22.4 Å². The lowest BCUT2D eigenvalue weighted by atomic mass is 9.97. The molecule has 0 bridgehead atoms. The van der Waals surface area contributed by atoms with Gasteiger partial charge in [-0.15, -0.1) is 10.2 Å². The molecule has 0 radical (unpaired) electrons. The summed E-state index contributed by atoms with van der Waals surface area (Å²) >= 11 is 0. The van der Waals surface area contributed by atoms with E-state index >= 15 is 0 Å². The Labute approximate surface area is 165 Å². The van der Waals surface area contributed by atoms with Crippen molar-refractivity contribution in [1.29, 1.82) is 0 Å². The van der Waals surface area contributed by atoms with Gasteiger partial charge in [0, 0.05) is 37.8 Å². The van der Waals surface area contributed by atoms with E-state index in [9.17, 15) is 9.90 Å². The first-order valence-corrected chi connectivity index (χ1v) is 9.12. The Morgan fingerprint density at radius 1 is 1.14 bits per heavy atom. The summed E-state index contributed by atoms with van der Waals surface area (Å²) in [5, 5.41) is 22.7. The van der Waals surface area contributed by atoms with Gasteiger partial charge in [-0.3, -0.25) is 9.20 Å². The topological polar surface area (TPSA) is 123 Å². The Kier molecular flexibility index (Phi) is 3.68. The van der Waals surface area contributed by atoms with Crippen LogP contribution in [0.2, 0.25) is 0 Å². The monoisotopic (exact) mass is 390 g/mol. The molecule has 9 nitrogen and oxygen atoms in total. The summed E-state index contributed by atoms with van der Waals surface area (Å²) in [6.07, 6.45) is 2.14. The number of likely N-dealkylation sites (tertiary alicyclic amines) is 1. The number of pyridine rings is 1. The van der Waals surface area contributed by atoms with Crippen LogP contribution in [0.25, 0.3) is 28.0 Å². The molecule has 146 valence electrons. The fourth-order valence-electron chi connectivity index (χ4n) is 3.63. The zero-order valence-corrected chi connectivity index (χ0v) is 15.6. The second kappa shape index (κ2) is 6.14. The van der Waals surface area contributed by atoms with Crippen LogP contribution in [0.5, 0.6) is 0 Å². The molecule has 9 heteroatoms. The van der Waals surface area contributed by atoms with Gasteiger partial charge in [0.2, 0.25) is 11.5 Å². The average molecular weight is 390 g/mol. The van der Waals surface area contributed by atoms with Gasteiger partial charge in [0.15, 0.2) is 11.4 Å². The fraction of sp³-hybridized carbons (Fsp3) is 0.200. The van der Waals surface area contributed by atoms with Crippen molar-refractivity contribution in [2.24, 2.45) is 0 Å². The molecular formula is C20H18N6O3. The van der Waals surface area contributed by atoms with Crippen LogP contribution in [0.1, 0.15) is 12.2 Å². The molecule has 4 aromatic rings. The first-order chi connectivity index (χ1) is 14.0. The number of carbonyl (C=O) groups excluding carboxylic acids is 1. The van der Waals surface area contributed by atoms with Gasteiger partial charge in [0.1, 0.15) is 5.69 Å². The molecule has 1 saturated heterocycles. The number of nitrogens with zero attached hydrogens (tertiary/aromatic N) is 5. The molecule has 1 aromatic carbocycles. The number of hydrogen-bond donors (Lipinski definition) is 2. The Bertz CT molecular complexity index is 1250. The summed E-state index contributed by atoms with van der Waals surface area (Å²) in [5.41, 5.74) is 8.08. The third-order valence-electron chi connectivity index (χ3n) is 5.35. The van der Waals surface area contributed by atoms with E-state index in [1.165, 1.54) is 4.90 Å². The maximum Gasteiger partial charge on any atom is 0.262 e. The number of aliphatic hydroxyl groups is 1. The number of hydrogen-bond acceptors (Lipinski definition) is 7. The molecule has 3 N–H and O–H groups in total. The van der Waals surface area contributed by atoms with Crippen LogP contribution in [0.15, 0.2) is 53.2 Å². The summed E-state index contributed by atoms with van der Waals surface area (Å²) in [5.74, 6) is 0.0957. The third-order valence-corrected chi connectivity index (χ3v) is 5.35. The Balaban J connectivity index is 1.51. The summed E-state index contributed by atoms with van der Waals surface area (Å²) in [4.78, 5) is 13.8. The van der Waals surface area contributed by atoms with E-state index < -0.39 is 5.60 Å². The van der Waals surface area contributed by atoms with Gasteiger partial charge in [-0.1, -0.05) is 23.4 Å². The molecule has 3 aromatic heterocycles. The van der Waals surface area contributed by atoms with Gasteiger partial charge < -0.3 is 20.3 Å². The van der Waals surface area contributed by atoms with Crippen molar-refractivity contribution in [3.05, 3.63) is 54.4 Å². The smallest absolute Gasteiger partial charge is 0.262 e. The summed E-state index contributed by atoms with van der Waals surface area (Å²) in [7, 11) is 1.65. The van der Waals surface area contributed by atoms with Crippen LogP contribution in [0.3, 0.4) is 0 Å². The molecule has 0 saturated carbocycles. The van der Waals surface area contributed by atoms with E-state index in [1.807, 2.05) is 42.6 Å². The van der Waals surface area contributed by atoms with E-state index in [1.54, 1.807) is 17.5 Å². The van der Waals surface area contributed by atoms with Crippen LogP contribution in [0, 0.1) is 0 Å². The maximum absolute atomic E-state index is 12.3. The number of amides is 1. The number of fused-ring (bicyclic) bond motifs is 1. The molecule has 1 aliphatic rings. The first-order valence-electron chi connectivity index (χ1n) is 9.12. The highest BCUT2D eigenvalue weighted by Crippen LogP contribution is 2.35. The molecule has 0 aliphatic carbocycles. The second-order valence-electron chi connectivity index (χ2n) is 7.20. The summed E-state index contributed by atoms with van der Waals surface area (Å²) in [6.45, 7) is 0.468. The molecule has 1 aliphatic heterocycles. The van der Waals surface area contributed by atoms with Crippen LogP contribution in [-0.4, -0.2) is 49.3 Å². The van der Waals surface area contributed by atoms with Crippen molar-refractivity contribution >= 4 is 17.5 Å². The van der Waals surface area contributed by atoms with Crippen molar-refractivity contribution < 1.29 is 14.4 Å². The van der Waals surface area contributed by atoms with Crippen LogP contribution in [-0.2, 0) is 10.4 Å². The molecule has 1 fully saturated rings. The number of benzene rings is 1. The van der Waals surface area contributed by atoms with E-state index in [0.717, 1.165) is 16.7 Å². The standard InChI is InChI=1S/C20H18N6O3/c1-25-8-7-20(28,18(25)27)16-10-15(24-29-16)13-4-2-3-12(9-13)14-5-6-17-22-23-19(21)26(17)11-14/h2-6,9-11,28H,7-8H2,1H3,(H2,21,23)/t20-/m1/s1. The Hall–Kier alpha value is -3.72. The maximum atomic E-state index is 12.3. The molecule has 5 rings (SSSR count). The predicted molar refractivity (Wildman–Crippen MR) is 104 cm³/mol. The van der Waals surface area contributed by atoms with E-state index in [-0.39, 0.29) is 18.1 Å². The summed E-state index contributed by atoms with van der Waals surface area (Å²) in [6, 6.07) is 13.1. The van der Waals surface area contributed by atoms with Gasteiger partial charge in [-0.2, -0.15) is 0 Å². The van der Waals surface area contributed by atoms with Gasteiger partial charge in [-0.05, 0) is 29.3 Å². The average Bonchev–Trinajstić information content (AvgIpc) is 3.44. The number of rotatable bonds is 3. The number of likely N-dealkylation sites (N-methyl/N-ethyl adjacent to an activating group) is 1. The largest absolute Gasteiger partial charge is 0.373 e. The third kappa shape index (κ3) is 2.66. The zero-order chi connectivity index (χ0) is 20.2. The molecule has 29 heavy (non-hydrogen) atoms. The lowest BCUT2D eigenvalue weighted by Crippen LogP contribution is -2.35.